The fourth-order valence-electron chi connectivity index (χ4n) is 1.58. The van der Waals surface area contributed by atoms with Crippen molar-refractivity contribution in [2.45, 2.75) is 26.8 Å². The van der Waals surface area contributed by atoms with Crippen molar-refractivity contribution >= 4 is 0 Å². The molecule has 0 aromatic rings. The van der Waals surface area contributed by atoms with Gasteiger partial charge in [-0.2, -0.15) is 0 Å². The predicted molar refractivity (Wildman–Crippen MR) is 35.7 cm³/mol. The number of quaternary nitrogens is 1. The summed E-state index contributed by atoms with van der Waals surface area (Å²) in [6.07, 6.45) is 0. The van der Waals surface area contributed by atoms with E-state index in [-0.39, 0.29) is 0 Å². The number of nitrogens with zero attached hydrogens (tertiary/aromatic N) is 1. The van der Waals surface area contributed by atoms with Gasteiger partial charge in [-0.3, -0.25) is 0 Å². The minimum Gasteiger partial charge on any atom is -0.312 e. The summed E-state index contributed by atoms with van der Waals surface area (Å²) < 4.78 is 1.38. The molecule has 1 heteroatoms. The predicted octanol–water partition coefficient (Wildman–Crippen LogP) is 1.25. The van der Waals surface area contributed by atoms with E-state index < -0.39 is 0 Å². The van der Waals surface area contributed by atoms with Crippen LogP contribution in [0.4, 0.5) is 0 Å². The van der Waals surface area contributed by atoms with E-state index in [1.54, 1.807) is 0 Å². The molecule has 0 radical (unpaired) electrons. The molecule has 8 heavy (non-hydrogen) atoms. The maximum absolute atomic E-state index is 2.34. The van der Waals surface area contributed by atoms with Crippen molar-refractivity contribution in [3.05, 3.63) is 0 Å². The largest absolute Gasteiger partial charge is 0.312 e. The summed E-state index contributed by atoms with van der Waals surface area (Å²) in [7, 11) is 0. The van der Waals surface area contributed by atoms with Gasteiger partial charge in [0, 0.05) is 0 Å². The molecule has 0 amide bonds. The molecular weight excluding hydrogens is 98.1 g/mol. The summed E-state index contributed by atoms with van der Waals surface area (Å²) in [6, 6.07) is 0.963. The third-order valence-electron chi connectivity index (χ3n) is 2.69. The van der Waals surface area contributed by atoms with E-state index in [4.69, 9.17) is 0 Å². The maximum atomic E-state index is 2.34. The normalized spacial score (nSPS) is 32.6. The molecule has 1 nitrogen and oxygen atoms in total. The number of hydrogen-bond donors (Lipinski definition) is 0. The summed E-state index contributed by atoms with van der Waals surface area (Å²) in [5, 5.41) is 0. The van der Waals surface area contributed by atoms with Crippen LogP contribution in [0.15, 0.2) is 0 Å². The summed E-state index contributed by atoms with van der Waals surface area (Å²) in [5.41, 5.74) is 0. The molecule has 1 heterocycles. The first kappa shape index (κ1) is 6.09. The van der Waals surface area contributed by atoms with Crippen molar-refractivity contribution < 1.29 is 4.48 Å². The fraction of sp³-hybridized carbons (Fsp3) is 1.00. The third-order valence-corrected chi connectivity index (χ3v) is 2.69. The van der Waals surface area contributed by atoms with Gasteiger partial charge in [0.1, 0.15) is 12.6 Å². The number of likely N-dealkylation sites (N-methyl/N-ethyl adjacent to an activating group) is 1. The van der Waals surface area contributed by atoms with Gasteiger partial charge in [0.2, 0.25) is 0 Å². The van der Waals surface area contributed by atoms with Gasteiger partial charge in [0.15, 0.2) is 0 Å². The molecule has 0 aliphatic carbocycles. The van der Waals surface area contributed by atoms with Crippen molar-refractivity contribution in [1.29, 1.82) is 0 Å². The van der Waals surface area contributed by atoms with Gasteiger partial charge >= 0.3 is 0 Å². The number of hydrogen-bond acceptors (Lipinski definition) is 0. The lowest BCUT2D eigenvalue weighted by Crippen LogP contribution is -2.27. The highest BCUT2D eigenvalue weighted by Gasteiger charge is 2.47. The molecule has 1 rings (SSSR count). The van der Waals surface area contributed by atoms with E-state index in [1.165, 1.54) is 24.1 Å². The van der Waals surface area contributed by atoms with Gasteiger partial charge in [-0.25, -0.2) is 0 Å². The summed E-state index contributed by atoms with van der Waals surface area (Å²) in [5.74, 6) is 0. The van der Waals surface area contributed by atoms with E-state index in [1.807, 2.05) is 0 Å². The zero-order valence-electron chi connectivity index (χ0n) is 6.15. The van der Waals surface area contributed by atoms with Gasteiger partial charge in [-0.1, -0.05) is 0 Å². The van der Waals surface area contributed by atoms with Gasteiger partial charge in [0.05, 0.1) is 13.1 Å². The minimum atomic E-state index is 0.963. The lowest BCUT2D eigenvalue weighted by atomic mass is 10.5. The monoisotopic (exact) mass is 114 g/mol. The van der Waals surface area contributed by atoms with Crippen LogP contribution >= 0.6 is 0 Å². The van der Waals surface area contributed by atoms with Crippen LogP contribution < -0.4 is 0 Å². The Morgan fingerprint density at radius 2 is 1.75 bits per heavy atom. The lowest BCUT2D eigenvalue weighted by Gasteiger charge is -2.13. The topological polar surface area (TPSA) is 0 Å². The maximum Gasteiger partial charge on any atom is 0.136 e. The smallest absolute Gasteiger partial charge is 0.136 e. The second-order valence-electron chi connectivity index (χ2n) is 2.88. The summed E-state index contributed by atoms with van der Waals surface area (Å²) in [6.45, 7) is 11.0. The van der Waals surface area contributed by atoms with Crippen LogP contribution in [0, 0.1) is 0 Å². The molecule has 1 aliphatic rings. The second-order valence-corrected chi connectivity index (χ2v) is 2.88. The minimum absolute atomic E-state index is 0.963. The molecule has 0 spiro atoms. The number of rotatable bonds is 2. The first-order chi connectivity index (χ1) is 3.75. The van der Waals surface area contributed by atoms with Crippen molar-refractivity contribution in [3.8, 4) is 0 Å². The quantitative estimate of drug-likeness (QED) is 0.374. The highest BCUT2D eigenvalue weighted by Crippen LogP contribution is 2.28. The lowest BCUT2D eigenvalue weighted by molar-refractivity contribution is -0.808. The molecule has 48 valence electrons. The third kappa shape index (κ3) is 0.655. The van der Waals surface area contributed by atoms with Crippen LogP contribution in [-0.4, -0.2) is 30.2 Å². The Bertz CT molecular complexity index is 78.9. The van der Waals surface area contributed by atoms with Crippen molar-refractivity contribution in [2.75, 3.05) is 19.6 Å². The van der Waals surface area contributed by atoms with Crippen LogP contribution in [0.25, 0.3) is 0 Å². The van der Waals surface area contributed by atoms with Crippen LogP contribution in [0.1, 0.15) is 20.8 Å². The fourth-order valence-corrected chi connectivity index (χ4v) is 1.58. The Morgan fingerprint density at radius 1 is 1.38 bits per heavy atom. The van der Waals surface area contributed by atoms with Gasteiger partial charge in [0.25, 0.3) is 0 Å². The van der Waals surface area contributed by atoms with Crippen molar-refractivity contribution in [3.63, 3.8) is 0 Å². The van der Waals surface area contributed by atoms with Gasteiger partial charge < -0.3 is 4.48 Å². The molecule has 0 saturated carbocycles. The summed E-state index contributed by atoms with van der Waals surface area (Å²) >= 11 is 0. The SMILES string of the molecule is CC[N+]1(CC)CC1C. The van der Waals surface area contributed by atoms with E-state index in [0.29, 0.717) is 0 Å². The Kier molecular flexibility index (Phi) is 1.31. The van der Waals surface area contributed by atoms with E-state index in [9.17, 15) is 0 Å². The van der Waals surface area contributed by atoms with Crippen LogP contribution in [-0.2, 0) is 0 Å². The van der Waals surface area contributed by atoms with E-state index >= 15 is 0 Å². The zero-order valence-corrected chi connectivity index (χ0v) is 6.15. The summed E-state index contributed by atoms with van der Waals surface area (Å²) in [4.78, 5) is 0. The Hall–Kier alpha value is -0.0400. The Morgan fingerprint density at radius 3 is 1.75 bits per heavy atom. The van der Waals surface area contributed by atoms with Gasteiger partial charge in [-0.05, 0) is 20.8 Å². The zero-order chi connectivity index (χ0) is 6.20. The first-order valence-electron chi connectivity index (χ1n) is 3.61. The van der Waals surface area contributed by atoms with Crippen LogP contribution in [0.2, 0.25) is 0 Å². The van der Waals surface area contributed by atoms with Crippen molar-refractivity contribution in [1.82, 2.24) is 0 Å². The highest BCUT2D eigenvalue weighted by atomic mass is 15.5. The first-order valence-corrected chi connectivity index (χ1v) is 3.61. The molecule has 1 aliphatic heterocycles. The molecule has 0 aromatic carbocycles. The van der Waals surface area contributed by atoms with Crippen molar-refractivity contribution in [2.24, 2.45) is 0 Å². The van der Waals surface area contributed by atoms with Crippen LogP contribution in [0.5, 0.6) is 0 Å². The molecule has 1 unspecified atom stereocenters. The van der Waals surface area contributed by atoms with Crippen LogP contribution in [0.3, 0.4) is 0 Å². The standard InChI is InChI=1S/C7H16N/c1-4-8(5-2)6-7(8)3/h7H,4-6H2,1-3H3/q+1. The molecule has 0 bridgehead atoms. The highest BCUT2D eigenvalue weighted by molar-refractivity contribution is 4.66. The molecule has 1 fully saturated rings. The molecule has 1 atom stereocenters. The molecule has 0 N–H and O–H groups in total. The average molecular weight is 114 g/mol. The molecular formula is C7H16N+. The second kappa shape index (κ2) is 1.73. The average Bonchev–Trinajstić information content (AvgIpc) is 2.43. The van der Waals surface area contributed by atoms with E-state index in [0.717, 1.165) is 6.04 Å². The van der Waals surface area contributed by atoms with E-state index in [2.05, 4.69) is 20.8 Å². The molecule has 0 aromatic heterocycles. The van der Waals surface area contributed by atoms with Gasteiger partial charge in [-0.15, -0.1) is 0 Å². The molecule has 1 saturated heterocycles. The Labute approximate surface area is 51.9 Å². The Balaban J connectivity index is 2.39.